The minimum atomic E-state index is -2.69. The maximum absolute atomic E-state index is 13.1. The Labute approximate surface area is 204 Å². The lowest BCUT2D eigenvalue weighted by Crippen LogP contribution is -2.56. The Morgan fingerprint density at radius 2 is 1.81 bits per heavy atom. The van der Waals surface area contributed by atoms with Crippen LogP contribution in [-0.2, 0) is 0 Å². The smallest absolute Gasteiger partial charge is 0.321 e. The summed E-state index contributed by atoms with van der Waals surface area (Å²) in [6.45, 7) is -0.735. The Balaban J connectivity index is 1.34. The van der Waals surface area contributed by atoms with Crippen molar-refractivity contribution in [2.75, 3.05) is 42.7 Å². The summed E-state index contributed by atoms with van der Waals surface area (Å²) in [6.07, 6.45) is 4.63. The first kappa shape index (κ1) is 23.1. The average molecular weight is 492 g/mol. The number of carbonyl (C=O) groups is 2. The summed E-state index contributed by atoms with van der Waals surface area (Å²) in [5, 5.41) is 13.1. The molecule has 0 spiro atoms. The standard InChI is InChI=1S/C24H22F2N8O2/c1-33(2)23(36)30-17-7-15(9-27-10-17)14-3-5-19-18(8-14)21(32-31-19)22(35)29-16-4-6-20(28-11-16)34-12-24(25,26)13-34/h3-11H,12-13H2,1-2H3,(H,29,35)(H,30,36)(H,31,32). The molecule has 10 nitrogen and oxygen atoms in total. The fraction of sp³-hybridized carbons (Fsp3) is 0.208. The molecule has 12 heteroatoms. The van der Waals surface area contributed by atoms with E-state index >= 15 is 0 Å². The molecule has 1 aliphatic rings. The third kappa shape index (κ3) is 4.65. The predicted molar refractivity (Wildman–Crippen MR) is 131 cm³/mol. The Morgan fingerprint density at radius 1 is 1.00 bits per heavy atom. The van der Waals surface area contributed by atoms with E-state index in [4.69, 9.17) is 0 Å². The second-order valence-electron chi connectivity index (χ2n) is 8.69. The van der Waals surface area contributed by atoms with Gasteiger partial charge in [-0.2, -0.15) is 5.10 Å². The van der Waals surface area contributed by atoms with E-state index in [9.17, 15) is 18.4 Å². The maximum Gasteiger partial charge on any atom is 0.321 e. The number of carbonyl (C=O) groups excluding carboxylic acids is 2. The van der Waals surface area contributed by atoms with E-state index in [2.05, 4.69) is 30.8 Å². The Bertz CT molecular complexity index is 1440. The number of nitrogens with zero attached hydrogens (tertiary/aromatic N) is 5. The molecule has 4 aromatic rings. The number of amides is 3. The van der Waals surface area contributed by atoms with E-state index in [1.54, 1.807) is 50.8 Å². The SMILES string of the molecule is CN(C)C(=O)Nc1cncc(-c2ccc3[nH]nc(C(=O)Nc4ccc(N5CC(F)(F)C5)nc4)c3c2)c1. The van der Waals surface area contributed by atoms with Crippen molar-refractivity contribution in [3.05, 3.63) is 60.7 Å². The Hall–Kier alpha value is -4.61. The van der Waals surface area contributed by atoms with Gasteiger partial charge in [0.1, 0.15) is 5.82 Å². The number of halogens is 2. The molecule has 1 fully saturated rings. The van der Waals surface area contributed by atoms with Crippen LogP contribution >= 0.6 is 0 Å². The Morgan fingerprint density at radius 3 is 2.50 bits per heavy atom. The van der Waals surface area contributed by atoms with E-state index < -0.39 is 11.8 Å². The molecule has 36 heavy (non-hydrogen) atoms. The summed E-state index contributed by atoms with van der Waals surface area (Å²) >= 11 is 0. The van der Waals surface area contributed by atoms with Gasteiger partial charge in [0.05, 0.1) is 42.4 Å². The van der Waals surface area contributed by atoms with E-state index in [1.807, 2.05) is 12.1 Å². The number of pyridine rings is 2. The molecule has 0 aliphatic carbocycles. The van der Waals surface area contributed by atoms with E-state index in [0.29, 0.717) is 28.1 Å². The van der Waals surface area contributed by atoms with Gasteiger partial charge in [0.2, 0.25) is 0 Å². The highest BCUT2D eigenvalue weighted by molar-refractivity contribution is 6.11. The fourth-order valence-electron chi connectivity index (χ4n) is 3.78. The number of alkyl halides is 2. The second-order valence-corrected chi connectivity index (χ2v) is 8.69. The lowest BCUT2D eigenvalue weighted by molar-refractivity contribution is -0.0267. The zero-order valence-corrected chi connectivity index (χ0v) is 19.4. The van der Waals surface area contributed by atoms with Crippen molar-refractivity contribution in [1.82, 2.24) is 25.1 Å². The minimum Gasteiger partial charge on any atom is -0.344 e. The van der Waals surface area contributed by atoms with Crippen LogP contribution in [0.2, 0.25) is 0 Å². The number of benzene rings is 1. The van der Waals surface area contributed by atoms with Gasteiger partial charge in [-0.3, -0.25) is 14.9 Å². The van der Waals surface area contributed by atoms with Crippen LogP contribution in [0, 0.1) is 0 Å². The van der Waals surface area contributed by atoms with Crippen molar-refractivity contribution in [2.24, 2.45) is 0 Å². The summed E-state index contributed by atoms with van der Waals surface area (Å²) in [7, 11) is 3.29. The average Bonchev–Trinajstić information content (AvgIpc) is 3.26. The normalized spacial score (nSPS) is 14.3. The van der Waals surface area contributed by atoms with Gasteiger partial charge in [-0.15, -0.1) is 0 Å². The molecule has 0 unspecified atom stereocenters. The molecule has 0 bridgehead atoms. The zero-order valence-electron chi connectivity index (χ0n) is 19.4. The molecular formula is C24H22F2N8O2. The lowest BCUT2D eigenvalue weighted by atomic mass is 10.0. The number of anilines is 3. The van der Waals surface area contributed by atoms with Crippen molar-refractivity contribution in [1.29, 1.82) is 0 Å². The summed E-state index contributed by atoms with van der Waals surface area (Å²) < 4.78 is 26.2. The van der Waals surface area contributed by atoms with Gasteiger partial charge in [0, 0.05) is 31.2 Å². The van der Waals surface area contributed by atoms with Gasteiger partial charge >= 0.3 is 6.03 Å². The number of hydrogen-bond acceptors (Lipinski definition) is 6. The van der Waals surface area contributed by atoms with Gasteiger partial charge < -0.3 is 20.4 Å². The maximum atomic E-state index is 13.1. The highest BCUT2D eigenvalue weighted by Gasteiger charge is 2.44. The van der Waals surface area contributed by atoms with Gasteiger partial charge in [-0.1, -0.05) is 6.07 Å². The van der Waals surface area contributed by atoms with E-state index in [-0.39, 0.29) is 24.8 Å². The van der Waals surface area contributed by atoms with E-state index in [0.717, 1.165) is 11.1 Å². The van der Waals surface area contributed by atoms with Crippen LogP contribution in [0.5, 0.6) is 0 Å². The zero-order chi connectivity index (χ0) is 25.4. The van der Waals surface area contributed by atoms with Crippen LogP contribution < -0.4 is 15.5 Å². The van der Waals surface area contributed by atoms with Crippen molar-refractivity contribution < 1.29 is 18.4 Å². The van der Waals surface area contributed by atoms with Crippen LogP contribution in [0.3, 0.4) is 0 Å². The van der Waals surface area contributed by atoms with Crippen molar-refractivity contribution >= 4 is 40.0 Å². The summed E-state index contributed by atoms with van der Waals surface area (Å²) in [4.78, 5) is 36.2. The molecule has 0 atom stereocenters. The number of urea groups is 1. The quantitative estimate of drug-likeness (QED) is 0.390. The number of aromatic nitrogens is 4. The number of fused-ring (bicyclic) bond motifs is 1. The van der Waals surface area contributed by atoms with Crippen LogP contribution in [0.4, 0.5) is 30.8 Å². The summed E-state index contributed by atoms with van der Waals surface area (Å²) in [6, 6.07) is 10.2. The van der Waals surface area contributed by atoms with Crippen LogP contribution in [0.15, 0.2) is 55.0 Å². The molecule has 0 radical (unpaired) electrons. The van der Waals surface area contributed by atoms with Crippen molar-refractivity contribution in [3.8, 4) is 11.1 Å². The van der Waals surface area contributed by atoms with E-state index in [1.165, 1.54) is 16.0 Å². The largest absolute Gasteiger partial charge is 0.344 e. The van der Waals surface area contributed by atoms with Gasteiger partial charge in [0.15, 0.2) is 5.69 Å². The molecule has 4 heterocycles. The molecule has 1 saturated heterocycles. The lowest BCUT2D eigenvalue weighted by Gasteiger charge is -2.39. The molecule has 184 valence electrons. The Kier molecular flexibility index (Phi) is 5.71. The highest BCUT2D eigenvalue weighted by atomic mass is 19.3. The summed E-state index contributed by atoms with van der Waals surface area (Å²) in [5.41, 5.74) is 3.33. The molecule has 5 rings (SSSR count). The van der Waals surface area contributed by atoms with Crippen LogP contribution in [0.25, 0.3) is 22.0 Å². The first-order valence-electron chi connectivity index (χ1n) is 11.0. The topological polar surface area (TPSA) is 119 Å². The molecular weight excluding hydrogens is 470 g/mol. The number of hydrogen-bond donors (Lipinski definition) is 3. The number of nitrogens with one attached hydrogen (secondary N) is 3. The van der Waals surface area contributed by atoms with Crippen LogP contribution in [0.1, 0.15) is 10.5 Å². The van der Waals surface area contributed by atoms with Crippen LogP contribution in [-0.4, -0.2) is 70.1 Å². The first-order valence-corrected chi connectivity index (χ1v) is 11.0. The number of aromatic amines is 1. The van der Waals surface area contributed by atoms with Crippen molar-refractivity contribution in [3.63, 3.8) is 0 Å². The fourth-order valence-corrected chi connectivity index (χ4v) is 3.78. The number of rotatable bonds is 5. The van der Waals surface area contributed by atoms with Gasteiger partial charge in [-0.05, 0) is 35.9 Å². The molecule has 0 saturated carbocycles. The first-order chi connectivity index (χ1) is 17.2. The molecule has 3 amide bonds. The molecule has 3 N–H and O–H groups in total. The molecule has 1 aliphatic heterocycles. The van der Waals surface area contributed by atoms with Gasteiger partial charge in [0.25, 0.3) is 11.8 Å². The second kappa shape index (κ2) is 8.87. The third-order valence-electron chi connectivity index (χ3n) is 5.68. The van der Waals surface area contributed by atoms with Crippen molar-refractivity contribution in [2.45, 2.75) is 5.92 Å². The predicted octanol–water partition coefficient (Wildman–Crippen LogP) is 3.82. The minimum absolute atomic E-state index is 0.184. The van der Waals surface area contributed by atoms with Gasteiger partial charge in [-0.25, -0.2) is 18.6 Å². The highest BCUT2D eigenvalue weighted by Crippen LogP contribution is 2.31. The molecule has 3 aromatic heterocycles. The monoisotopic (exact) mass is 492 g/mol. The third-order valence-corrected chi connectivity index (χ3v) is 5.68. The summed E-state index contributed by atoms with van der Waals surface area (Å²) in [5.74, 6) is -2.72. The number of H-pyrrole nitrogens is 1. The molecule has 1 aromatic carbocycles.